The first-order chi connectivity index (χ1) is 10.9. The Morgan fingerprint density at radius 1 is 1.39 bits per heavy atom. The number of nitrogens with one attached hydrogen (secondary N) is 1. The third-order valence-electron chi connectivity index (χ3n) is 4.11. The molecule has 0 spiro atoms. The lowest BCUT2D eigenvalue weighted by molar-refractivity contribution is 0.0280. The van der Waals surface area contributed by atoms with Crippen molar-refractivity contribution in [1.29, 1.82) is 0 Å². The van der Waals surface area contributed by atoms with E-state index in [0.717, 1.165) is 5.56 Å². The summed E-state index contributed by atoms with van der Waals surface area (Å²) in [5, 5.41) is 13.8. The molecule has 1 atom stereocenters. The molecule has 0 saturated heterocycles. The average Bonchev–Trinajstić information content (AvgIpc) is 2.88. The van der Waals surface area contributed by atoms with E-state index < -0.39 is 16.1 Å². The van der Waals surface area contributed by atoms with E-state index in [2.05, 4.69) is 9.82 Å². The second kappa shape index (κ2) is 6.24. The molecule has 1 aromatic carbocycles. The van der Waals surface area contributed by atoms with Crippen molar-refractivity contribution in [2.75, 3.05) is 0 Å². The minimum absolute atomic E-state index is 0.0338. The smallest absolute Gasteiger partial charge is 0.242 e. The minimum Gasteiger partial charge on any atom is -0.393 e. The lowest BCUT2D eigenvalue weighted by Crippen LogP contribution is -2.41. The van der Waals surface area contributed by atoms with Gasteiger partial charge in [0.05, 0.1) is 23.4 Å². The fourth-order valence-corrected chi connectivity index (χ4v) is 4.65. The summed E-state index contributed by atoms with van der Waals surface area (Å²) in [4.78, 5) is 0.0513. The van der Waals surface area contributed by atoms with Gasteiger partial charge in [-0.25, -0.2) is 13.1 Å². The lowest BCUT2D eigenvalue weighted by atomic mass is 9.76. The van der Waals surface area contributed by atoms with E-state index in [9.17, 15) is 13.5 Å². The van der Waals surface area contributed by atoms with Crippen molar-refractivity contribution in [3.05, 3.63) is 47.2 Å². The van der Waals surface area contributed by atoms with Crippen LogP contribution in [0.3, 0.4) is 0 Å². The van der Waals surface area contributed by atoms with Crippen molar-refractivity contribution >= 4 is 21.6 Å². The quantitative estimate of drug-likeness (QED) is 0.857. The number of rotatable bonds is 5. The topological polar surface area (TPSA) is 84.2 Å². The number of hydrogen-bond acceptors (Lipinski definition) is 4. The maximum Gasteiger partial charge on any atom is 0.242 e. The van der Waals surface area contributed by atoms with E-state index in [0.29, 0.717) is 12.8 Å². The van der Waals surface area contributed by atoms with Gasteiger partial charge < -0.3 is 5.11 Å². The molecule has 2 N–H and O–H groups in total. The van der Waals surface area contributed by atoms with Crippen molar-refractivity contribution in [1.82, 2.24) is 14.5 Å². The molecule has 0 bridgehead atoms. The van der Waals surface area contributed by atoms with Crippen LogP contribution in [0.5, 0.6) is 0 Å². The second-order valence-electron chi connectivity index (χ2n) is 5.86. The summed E-state index contributed by atoms with van der Waals surface area (Å²) in [7, 11) is -1.99. The van der Waals surface area contributed by atoms with Crippen molar-refractivity contribution in [3.8, 4) is 0 Å². The van der Waals surface area contributed by atoms with E-state index in [1.165, 1.54) is 6.07 Å². The zero-order valence-corrected chi connectivity index (χ0v) is 14.1. The Morgan fingerprint density at radius 3 is 2.65 bits per heavy atom. The molecule has 1 fully saturated rings. The molecule has 0 aliphatic heterocycles. The molecule has 0 radical (unpaired) electrons. The molecule has 1 aromatic heterocycles. The number of hydrogen-bond donors (Lipinski definition) is 2. The van der Waals surface area contributed by atoms with E-state index in [1.807, 2.05) is 0 Å². The van der Waals surface area contributed by atoms with Crippen LogP contribution in [0, 0.1) is 5.92 Å². The number of benzene rings is 1. The predicted molar refractivity (Wildman–Crippen MR) is 86.5 cm³/mol. The first-order valence-electron chi connectivity index (χ1n) is 7.30. The van der Waals surface area contributed by atoms with Crippen LogP contribution in [0.4, 0.5) is 0 Å². The predicted octanol–water partition coefficient (Wildman–Crippen LogP) is 1.86. The first kappa shape index (κ1) is 16.4. The Bertz CT molecular complexity index is 800. The van der Waals surface area contributed by atoms with Crippen LogP contribution < -0.4 is 4.72 Å². The van der Waals surface area contributed by atoms with Crippen molar-refractivity contribution in [3.63, 3.8) is 0 Å². The Kier molecular flexibility index (Phi) is 4.46. The zero-order chi connectivity index (χ0) is 16.6. The highest BCUT2D eigenvalue weighted by Crippen LogP contribution is 2.39. The van der Waals surface area contributed by atoms with Gasteiger partial charge in [0, 0.05) is 18.8 Å². The minimum atomic E-state index is -3.77. The van der Waals surface area contributed by atoms with Crippen LogP contribution in [0.1, 0.15) is 24.4 Å². The first-order valence-corrected chi connectivity index (χ1v) is 9.16. The standard InChI is InChI=1S/C15H18ClN3O3S/c1-19-9-11(8-17-19)15(10-6-12(20)7-10)18-23(21,22)14-5-3-2-4-13(14)16/h2-5,8-10,12,15,18,20H,6-7H2,1H3/t10?,12?,15-/m0/s1. The van der Waals surface area contributed by atoms with Gasteiger partial charge in [0.1, 0.15) is 4.90 Å². The lowest BCUT2D eigenvalue weighted by Gasteiger charge is -2.37. The van der Waals surface area contributed by atoms with Crippen LogP contribution in [0.2, 0.25) is 5.02 Å². The molecule has 6 nitrogen and oxygen atoms in total. The highest BCUT2D eigenvalue weighted by atomic mass is 35.5. The SMILES string of the molecule is Cn1cc([C@@H](NS(=O)(=O)c2ccccc2Cl)C2CC(O)C2)cn1. The number of aromatic nitrogens is 2. The summed E-state index contributed by atoms with van der Waals surface area (Å²) < 4.78 is 29.7. The summed E-state index contributed by atoms with van der Waals surface area (Å²) in [6.45, 7) is 0. The molecular formula is C15H18ClN3O3S. The molecule has 8 heteroatoms. The summed E-state index contributed by atoms with van der Waals surface area (Å²) >= 11 is 6.02. The molecule has 2 aromatic rings. The summed E-state index contributed by atoms with van der Waals surface area (Å²) in [6.07, 6.45) is 4.17. The van der Waals surface area contributed by atoms with Gasteiger partial charge in [-0.2, -0.15) is 5.10 Å². The monoisotopic (exact) mass is 355 g/mol. The number of halogens is 1. The summed E-state index contributed by atoms with van der Waals surface area (Å²) in [6, 6.07) is 5.89. The van der Waals surface area contributed by atoms with Gasteiger partial charge in [0.15, 0.2) is 0 Å². The van der Waals surface area contributed by atoms with Crippen molar-refractivity contribution in [2.24, 2.45) is 13.0 Å². The molecule has 1 aliphatic carbocycles. The van der Waals surface area contributed by atoms with E-state index in [-0.39, 0.29) is 21.9 Å². The van der Waals surface area contributed by atoms with Gasteiger partial charge >= 0.3 is 0 Å². The molecule has 1 aliphatic rings. The highest BCUT2D eigenvalue weighted by Gasteiger charge is 2.38. The van der Waals surface area contributed by atoms with Crippen molar-refractivity contribution in [2.45, 2.75) is 29.9 Å². The van der Waals surface area contributed by atoms with E-state index >= 15 is 0 Å². The van der Waals surface area contributed by atoms with Crippen molar-refractivity contribution < 1.29 is 13.5 Å². The van der Waals surface area contributed by atoms with Crippen LogP contribution >= 0.6 is 11.6 Å². The molecule has 124 valence electrons. The van der Waals surface area contributed by atoms with Gasteiger partial charge in [-0.15, -0.1) is 0 Å². The van der Waals surface area contributed by atoms with Crippen LogP contribution in [-0.2, 0) is 17.1 Å². The Balaban J connectivity index is 1.90. The summed E-state index contributed by atoms with van der Waals surface area (Å²) in [5.74, 6) is 0.0338. The van der Waals surface area contributed by atoms with Gasteiger partial charge in [0.2, 0.25) is 10.0 Å². The van der Waals surface area contributed by atoms with Crippen LogP contribution in [0.15, 0.2) is 41.6 Å². The third kappa shape index (κ3) is 3.42. The number of sulfonamides is 1. The van der Waals surface area contributed by atoms with Crippen LogP contribution in [-0.4, -0.2) is 29.4 Å². The molecule has 23 heavy (non-hydrogen) atoms. The Labute approximate surface area is 140 Å². The number of aryl methyl sites for hydroxylation is 1. The molecule has 1 saturated carbocycles. The van der Waals surface area contributed by atoms with Gasteiger partial charge in [-0.3, -0.25) is 4.68 Å². The maximum absolute atomic E-state index is 12.7. The Morgan fingerprint density at radius 2 is 2.09 bits per heavy atom. The van der Waals surface area contributed by atoms with E-state index in [1.54, 1.807) is 42.3 Å². The number of nitrogens with zero attached hydrogens (tertiary/aromatic N) is 2. The van der Waals surface area contributed by atoms with Gasteiger partial charge in [0.25, 0.3) is 0 Å². The average molecular weight is 356 g/mol. The largest absolute Gasteiger partial charge is 0.393 e. The molecule has 0 unspecified atom stereocenters. The Hall–Kier alpha value is -1.41. The third-order valence-corrected chi connectivity index (χ3v) is 6.05. The maximum atomic E-state index is 12.7. The van der Waals surface area contributed by atoms with Gasteiger partial charge in [-0.1, -0.05) is 23.7 Å². The molecular weight excluding hydrogens is 338 g/mol. The fourth-order valence-electron chi connectivity index (χ4n) is 2.83. The van der Waals surface area contributed by atoms with Gasteiger partial charge in [-0.05, 0) is 30.9 Å². The highest BCUT2D eigenvalue weighted by molar-refractivity contribution is 7.89. The van der Waals surface area contributed by atoms with Crippen LogP contribution in [0.25, 0.3) is 0 Å². The molecule has 0 amide bonds. The summed E-state index contributed by atoms with van der Waals surface area (Å²) in [5.41, 5.74) is 0.778. The second-order valence-corrected chi connectivity index (χ2v) is 7.95. The molecule has 3 rings (SSSR count). The normalized spacial score (nSPS) is 22.6. The fraction of sp³-hybridized carbons (Fsp3) is 0.400. The number of aliphatic hydroxyl groups is 1. The van der Waals surface area contributed by atoms with E-state index in [4.69, 9.17) is 11.6 Å². The zero-order valence-electron chi connectivity index (χ0n) is 12.6. The number of aliphatic hydroxyl groups excluding tert-OH is 1. The molecule has 1 heterocycles.